The van der Waals surface area contributed by atoms with Crippen LogP contribution in [0.1, 0.15) is 16.8 Å². The van der Waals surface area contributed by atoms with Crippen molar-refractivity contribution in [1.29, 1.82) is 0 Å². The second-order valence-electron chi connectivity index (χ2n) is 7.05. The normalized spacial score (nSPS) is 15.8. The van der Waals surface area contributed by atoms with Gasteiger partial charge in [-0.25, -0.2) is 14.4 Å². The van der Waals surface area contributed by atoms with Gasteiger partial charge in [0, 0.05) is 18.4 Å². The van der Waals surface area contributed by atoms with Crippen molar-refractivity contribution >= 4 is 5.91 Å². The van der Waals surface area contributed by atoms with Gasteiger partial charge in [-0.1, -0.05) is 12.1 Å². The molecule has 9 heteroatoms. The van der Waals surface area contributed by atoms with E-state index < -0.39 is 5.82 Å². The van der Waals surface area contributed by atoms with Crippen LogP contribution in [0.5, 0.6) is 0 Å². The highest BCUT2D eigenvalue weighted by Gasteiger charge is 2.26. The number of carbonyl (C=O) groups excluding carboxylic acids is 1. The Hall–Kier alpha value is -3.85. The van der Waals surface area contributed by atoms with Crippen LogP contribution in [0, 0.1) is 5.82 Å². The Morgan fingerprint density at radius 1 is 1.19 bits per heavy atom. The lowest BCUT2D eigenvalue weighted by Crippen LogP contribution is -2.35. The van der Waals surface area contributed by atoms with Crippen LogP contribution >= 0.6 is 0 Å². The molecule has 0 spiro atoms. The smallest absolute Gasteiger partial charge is 0.255 e. The highest BCUT2D eigenvalue weighted by Crippen LogP contribution is 2.27. The fourth-order valence-corrected chi connectivity index (χ4v) is 3.50. The van der Waals surface area contributed by atoms with Gasteiger partial charge in [0.25, 0.3) is 11.9 Å². The fraction of sp³-hybridized carbons (Fsp3) is 0.182. The van der Waals surface area contributed by atoms with E-state index in [-0.39, 0.29) is 17.9 Å². The number of rotatable bonds is 5. The molecule has 0 saturated carbocycles. The first-order chi connectivity index (χ1) is 15.2. The highest BCUT2D eigenvalue weighted by atomic mass is 19.1. The topological polar surface area (TPSA) is 95.1 Å². The molecule has 0 radical (unpaired) electrons. The molecule has 8 nitrogen and oxygen atoms in total. The summed E-state index contributed by atoms with van der Waals surface area (Å²) >= 11 is 0. The number of nitrogens with zero attached hydrogens (tertiary/aromatic N) is 4. The second-order valence-corrected chi connectivity index (χ2v) is 7.05. The first-order valence-corrected chi connectivity index (χ1v) is 9.79. The molecule has 0 aliphatic carbocycles. The fourth-order valence-electron chi connectivity index (χ4n) is 3.50. The number of hydrogen-bond donors (Lipinski definition) is 1. The van der Waals surface area contributed by atoms with Gasteiger partial charge in [-0.15, -0.1) is 0 Å². The van der Waals surface area contributed by atoms with Gasteiger partial charge < -0.3 is 14.5 Å². The summed E-state index contributed by atoms with van der Waals surface area (Å²) in [7, 11) is 0. The molecule has 5 rings (SSSR count). The third kappa shape index (κ3) is 3.71. The molecule has 1 amide bonds. The minimum Gasteiger partial charge on any atom is -0.463 e. The molecule has 156 valence electrons. The molecular weight excluding hydrogens is 401 g/mol. The summed E-state index contributed by atoms with van der Waals surface area (Å²) in [4.78, 5) is 21.7. The standard InChI is InChI=1S/C22H18FN5O3/c23-17-5-2-1-4-15(17)18-7-9-24-22(27-18)28-20(19-6-3-10-31-19)16(12-25-28)21(29)26-14-8-11-30-13-14/h1-7,9-10,12,14H,8,11,13H2,(H,26,29). The van der Waals surface area contributed by atoms with Gasteiger partial charge in [0.2, 0.25) is 0 Å². The molecule has 0 bridgehead atoms. The molecule has 4 heterocycles. The van der Waals surface area contributed by atoms with Crippen molar-refractivity contribution < 1.29 is 18.3 Å². The van der Waals surface area contributed by atoms with Gasteiger partial charge >= 0.3 is 0 Å². The number of nitrogens with one attached hydrogen (secondary N) is 1. The van der Waals surface area contributed by atoms with Crippen molar-refractivity contribution in [1.82, 2.24) is 25.1 Å². The van der Waals surface area contributed by atoms with Gasteiger partial charge in [-0.3, -0.25) is 4.79 Å². The third-order valence-electron chi connectivity index (χ3n) is 5.02. The van der Waals surface area contributed by atoms with Crippen molar-refractivity contribution in [3.05, 3.63) is 72.5 Å². The van der Waals surface area contributed by atoms with E-state index in [1.165, 1.54) is 29.4 Å². The molecule has 1 aromatic carbocycles. The summed E-state index contributed by atoms with van der Waals surface area (Å²) in [6, 6.07) is 11.4. The molecule has 4 aromatic rings. The van der Waals surface area contributed by atoms with Crippen molar-refractivity contribution in [2.45, 2.75) is 12.5 Å². The number of aromatic nitrogens is 4. The number of ether oxygens (including phenoxy) is 1. The predicted molar refractivity (Wildman–Crippen MR) is 109 cm³/mol. The maximum Gasteiger partial charge on any atom is 0.255 e. The van der Waals surface area contributed by atoms with Gasteiger partial charge in [0.05, 0.1) is 36.4 Å². The van der Waals surface area contributed by atoms with Crippen LogP contribution in [0.15, 0.2) is 65.5 Å². The lowest BCUT2D eigenvalue weighted by atomic mass is 10.1. The van der Waals surface area contributed by atoms with Crippen LogP contribution in [-0.4, -0.2) is 44.9 Å². The van der Waals surface area contributed by atoms with E-state index in [4.69, 9.17) is 9.15 Å². The Bertz CT molecular complexity index is 1220. The summed E-state index contributed by atoms with van der Waals surface area (Å²) in [6.07, 6.45) is 5.23. The van der Waals surface area contributed by atoms with Crippen molar-refractivity contribution in [3.8, 4) is 28.7 Å². The second kappa shape index (κ2) is 8.11. The van der Waals surface area contributed by atoms with E-state index >= 15 is 0 Å². The molecule has 31 heavy (non-hydrogen) atoms. The van der Waals surface area contributed by atoms with E-state index in [0.717, 1.165) is 6.42 Å². The first kappa shape index (κ1) is 19.1. The number of furan rings is 1. The Kier molecular flexibility index (Phi) is 5.01. The maximum absolute atomic E-state index is 14.3. The van der Waals surface area contributed by atoms with Gasteiger partial charge in [0.15, 0.2) is 5.76 Å². The summed E-state index contributed by atoms with van der Waals surface area (Å²) < 4.78 is 26.6. The maximum atomic E-state index is 14.3. The minimum absolute atomic E-state index is 0.0547. The summed E-state index contributed by atoms with van der Waals surface area (Å²) in [5.74, 6) is -0.0586. The molecule has 1 atom stereocenters. The molecule has 1 unspecified atom stereocenters. The van der Waals surface area contributed by atoms with E-state index in [1.807, 2.05) is 0 Å². The minimum atomic E-state index is -0.391. The first-order valence-electron chi connectivity index (χ1n) is 9.79. The van der Waals surface area contributed by atoms with Crippen molar-refractivity contribution in [3.63, 3.8) is 0 Å². The Labute approximate surface area is 176 Å². The molecule has 1 fully saturated rings. The van der Waals surface area contributed by atoms with E-state index in [1.54, 1.807) is 36.4 Å². The molecule has 1 N–H and O–H groups in total. The summed E-state index contributed by atoms with van der Waals surface area (Å²) in [6.45, 7) is 1.09. The molecule has 1 aliphatic rings. The zero-order valence-electron chi connectivity index (χ0n) is 16.4. The molecule has 3 aromatic heterocycles. The van der Waals surface area contributed by atoms with Crippen molar-refractivity contribution in [2.24, 2.45) is 0 Å². The zero-order valence-corrected chi connectivity index (χ0v) is 16.4. The van der Waals surface area contributed by atoms with E-state index in [0.29, 0.717) is 41.5 Å². The van der Waals surface area contributed by atoms with Crippen LogP contribution in [-0.2, 0) is 4.74 Å². The van der Waals surface area contributed by atoms with Gasteiger partial charge in [-0.2, -0.15) is 9.78 Å². The Morgan fingerprint density at radius 3 is 2.87 bits per heavy atom. The van der Waals surface area contributed by atoms with Gasteiger partial charge in [-0.05, 0) is 36.8 Å². The molecule has 1 aliphatic heterocycles. The quantitative estimate of drug-likeness (QED) is 0.534. The number of amides is 1. The Morgan fingerprint density at radius 2 is 2.10 bits per heavy atom. The van der Waals surface area contributed by atoms with Gasteiger partial charge in [0.1, 0.15) is 11.5 Å². The molecule has 1 saturated heterocycles. The monoisotopic (exact) mass is 419 g/mol. The average molecular weight is 419 g/mol. The number of benzene rings is 1. The van der Waals surface area contributed by atoms with Crippen molar-refractivity contribution in [2.75, 3.05) is 13.2 Å². The zero-order chi connectivity index (χ0) is 21.2. The predicted octanol–water partition coefficient (Wildman–Crippen LogP) is 3.25. The number of hydrogen-bond acceptors (Lipinski definition) is 6. The van der Waals surface area contributed by atoms with Crippen LogP contribution in [0.3, 0.4) is 0 Å². The Balaban J connectivity index is 1.57. The summed E-state index contributed by atoms with van der Waals surface area (Å²) in [5, 5.41) is 7.30. The molecular formula is C22H18FN5O3. The number of halogens is 1. The van der Waals surface area contributed by atoms with Crippen LogP contribution in [0.25, 0.3) is 28.7 Å². The largest absolute Gasteiger partial charge is 0.463 e. The van der Waals surface area contributed by atoms with E-state index in [2.05, 4.69) is 20.4 Å². The lowest BCUT2D eigenvalue weighted by molar-refractivity contribution is 0.0930. The van der Waals surface area contributed by atoms with Crippen LogP contribution in [0.2, 0.25) is 0 Å². The number of carbonyl (C=O) groups is 1. The SMILES string of the molecule is O=C(NC1CCOC1)c1cnn(-c2nccc(-c3ccccc3F)n2)c1-c1ccco1. The third-order valence-corrected chi connectivity index (χ3v) is 5.02. The average Bonchev–Trinajstić information content (AvgIpc) is 3.55. The highest BCUT2D eigenvalue weighted by molar-refractivity contribution is 5.99. The van der Waals surface area contributed by atoms with Crippen LogP contribution < -0.4 is 5.32 Å². The summed E-state index contributed by atoms with van der Waals surface area (Å²) in [5.41, 5.74) is 1.48. The lowest BCUT2D eigenvalue weighted by Gasteiger charge is -2.11. The van der Waals surface area contributed by atoms with E-state index in [9.17, 15) is 9.18 Å². The van der Waals surface area contributed by atoms with Crippen LogP contribution in [0.4, 0.5) is 4.39 Å².